The summed E-state index contributed by atoms with van der Waals surface area (Å²) < 4.78 is 11.5. The summed E-state index contributed by atoms with van der Waals surface area (Å²) in [5.74, 6) is 0.644. The average Bonchev–Trinajstić information content (AvgIpc) is 3.28. The summed E-state index contributed by atoms with van der Waals surface area (Å²) in [6, 6.07) is 15.7. The van der Waals surface area contributed by atoms with Crippen LogP contribution in [0.25, 0.3) is 22.2 Å². The van der Waals surface area contributed by atoms with Crippen molar-refractivity contribution in [3.05, 3.63) is 72.1 Å². The molecule has 0 N–H and O–H groups in total. The number of carbonyl (C=O) groups excluding carboxylic acids is 1. The van der Waals surface area contributed by atoms with Crippen molar-refractivity contribution in [1.29, 1.82) is 0 Å². The Balaban J connectivity index is 1.34. The van der Waals surface area contributed by atoms with E-state index in [0.717, 1.165) is 41.3 Å². The maximum absolute atomic E-state index is 13.3. The maximum Gasteiger partial charge on any atom is 0.316 e. The van der Waals surface area contributed by atoms with E-state index in [-0.39, 0.29) is 12.0 Å². The quantitative estimate of drug-likeness (QED) is 0.465. The van der Waals surface area contributed by atoms with Gasteiger partial charge in [-0.1, -0.05) is 42.4 Å². The molecule has 32 heavy (non-hydrogen) atoms. The Morgan fingerprint density at radius 3 is 2.75 bits per heavy atom. The van der Waals surface area contributed by atoms with Crippen molar-refractivity contribution in [2.45, 2.75) is 32.3 Å². The van der Waals surface area contributed by atoms with Crippen molar-refractivity contribution in [3.63, 3.8) is 0 Å². The molecule has 1 atom stereocenters. The lowest BCUT2D eigenvalue weighted by Crippen LogP contribution is -2.44. The summed E-state index contributed by atoms with van der Waals surface area (Å²) in [4.78, 5) is 23.7. The highest BCUT2D eigenvalue weighted by Gasteiger charge is 2.27. The minimum atomic E-state index is -0.126. The maximum atomic E-state index is 13.3. The molecule has 2 aromatic heterocycles. The van der Waals surface area contributed by atoms with Gasteiger partial charge in [0.2, 0.25) is 0 Å². The number of aromatic nitrogens is 3. The minimum absolute atomic E-state index is 0.0253. The molecule has 4 aromatic rings. The summed E-state index contributed by atoms with van der Waals surface area (Å²) in [6.07, 6.45) is 6.06. The fourth-order valence-corrected chi connectivity index (χ4v) is 4.01. The molecule has 1 aliphatic rings. The normalized spacial score (nSPS) is 16.3. The third kappa shape index (κ3) is 4.06. The number of rotatable bonds is 5. The number of fused-ring (bicyclic) bond motifs is 1. The van der Waals surface area contributed by atoms with Gasteiger partial charge >= 0.3 is 6.01 Å². The number of nitrogens with zero attached hydrogens (tertiary/aromatic N) is 4. The number of piperidine rings is 1. The molecule has 162 valence electrons. The molecule has 0 bridgehead atoms. The van der Waals surface area contributed by atoms with Crippen molar-refractivity contribution in [2.24, 2.45) is 0 Å². The Bertz CT molecular complexity index is 1220. The first-order chi connectivity index (χ1) is 15.7. The number of likely N-dealkylation sites (tertiary alicyclic amines) is 1. The van der Waals surface area contributed by atoms with E-state index in [1.165, 1.54) is 0 Å². The minimum Gasteiger partial charge on any atom is -0.458 e. The molecule has 7 nitrogen and oxygen atoms in total. The van der Waals surface area contributed by atoms with Gasteiger partial charge in [-0.3, -0.25) is 4.79 Å². The van der Waals surface area contributed by atoms with Crippen LogP contribution in [0.1, 0.15) is 35.7 Å². The Kier molecular flexibility index (Phi) is 5.54. The third-order valence-electron chi connectivity index (χ3n) is 5.79. The standard InChI is InChI=1S/C25H24N4O3/c1-2-17-14-26-25(27-15-17)31-20-9-6-12-29(16-20)24(30)19-10-11-22-21(13-19)23(32-28-22)18-7-4-3-5-8-18/h3-5,7-8,10-11,13-15,20H,2,6,9,12,16H2,1H3. The summed E-state index contributed by atoms with van der Waals surface area (Å²) in [7, 11) is 0. The average molecular weight is 428 g/mol. The number of benzene rings is 2. The number of hydrogen-bond acceptors (Lipinski definition) is 6. The van der Waals surface area contributed by atoms with Crippen molar-refractivity contribution < 1.29 is 14.1 Å². The molecule has 0 spiro atoms. The second kappa shape index (κ2) is 8.78. The van der Waals surface area contributed by atoms with Gasteiger partial charge in [0.25, 0.3) is 5.91 Å². The fourth-order valence-electron chi connectivity index (χ4n) is 4.01. The zero-order valence-corrected chi connectivity index (χ0v) is 17.9. The summed E-state index contributed by atoms with van der Waals surface area (Å²) in [5.41, 5.74) is 3.34. The Morgan fingerprint density at radius 1 is 1.16 bits per heavy atom. The van der Waals surface area contributed by atoms with E-state index in [4.69, 9.17) is 9.26 Å². The molecule has 1 fully saturated rings. The largest absolute Gasteiger partial charge is 0.458 e. The van der Waals surface area contributed by atoms with Crippen molar-refractivity contribution >= 4 is 16.8 Å². The van der Waals surface area contributed by atoms with E-state index < -0.39 is 0 Å². The molecule has 1 aliphatic heterocycles. The van der Waals surface area contributed by atoms with Gasteiger partial charge in [0.1, 0.15) is 11.6 Å². The van der Waals surface area contributed by atoms with Crippen molar-refractivity contribution in [1.82, 2.24) is 20.0 Å². The van der Waals surface area contributed by atoms with Crippen molar-refractivity contribution in [3.8, 4) is 17.3 Å². The second-order valence-electron chi connectivity index (χ2n) is 7.97. The predicted molar refractivity (Wildman–Crippen MR) is 120 cm³/mol. The molecule has 1 amide bonds. The molecule has 1 unspecified atom stereocenters. The van der Waals surface area contributed by atoms with Gasteiger partial charge in [-0.05, 0) is 43.0 Å². The fraction of sp³-hybridized carbons (Fsp3) is 0.280. The second-order valence-corrected chi connectivity index (χ2v) is 7.97. The predicted octanol–water partition coefficient (Wildman–Crippen LogP) is 4.53. The zero-order valence-electron chi connectivity index (χ0n) is 17.9. The van der Waals surface area contributed by atoms with Gasteiger partial charge in [0, 0.05) is 30.1 Å². The topological polar surface area (TPSA) is 81.4 Å². The molecule has 5 rings (SSSR count). The number of aryl methyl sites for hydroxylation is 1. The molecule has 0 radical (unpaired) electrons. The lowest BCUT2D eigenvalue weighted by molar-refractivity contribution is 0.0516. The lowest BCUT2D eigenvalue weighted by Gasteiger charge is -2.32. The van der Waals surface area contributed by atoms with Crippen LogP contribution >= 0.6 is 0 Å². The Hall–Kier alpha value is -3.74. The Morgan fingerprint density at radius 2 is 1.97 bits per heavy atom. The number of ether oxygens (including phenoxy) is 1. The van der Waals surface area contributed by atoms with E-state index in [1.54, 1.807) is 18.5 Å². The summed E-state index contributed by atoms with van der Waals surface area (Å²) >= 11 is 0. The lowest BCUT2D eigenvalue weighted by atomic mass is 10.0. The molecule has 2 aromatic carbocycles. The molecular formula is C25H24N4O3. The monoisotopic (exact) mass is 428 g/mol. The van der Waals surface area contributed by atoms with Crippen LogP contribution in [-0.4, -0.2) is 45.1 Å². The highest BCUT2D eigenvalue weighted by atomic mass is 16.5. The molecule has 7 heteroatoms. The van der Waals surface area contributed by atoms with Gasteiger partial charge in [-0.2, -0.15) is 0 Å². The van der Waals surface area contributed by atoms with Crippen LogP contribution in [0.4, 0.5) is 0 Å². The number of hydrogen-bond donors (Lipinski definition) is 0. The van der Waals surface area contributed by atoms with Gasteiger partial charge in [0.15, 0.2) is 5.76 Å². The van der Waals surface area contributed by atoms with Gasteiger partial charge in [0.05, 0.1) is 11.9 Å². The molecule has 3 heterocycles. The van der Waals surface area contributed by atoms with Crippen LogP contribution in [0.3, 0.4) is 0 Å². The SMILES string of the molecule is CCc1cnc(OC2CCCN(C(=O)c3ccc4noc(-c5ccccc5)c4c3)C2)nc1. The van der Waals surface area contributed by atoms with Crippen LogP contribution < -0.4 is 4.74 Å². The van der Waals surface area contributed by atoms with E-state index in [2.05, 4.69) is 22.0 Å². The van der Waals surface area contributed by atoms with Crippen LogP contribution in [0.5, 0.6) is 6.01 Å². The van der Waals surface area contributed by atoms with Crippen LogP contribution in [0.15, 0.2) is 65.4 Å². The third-order valence-corrected chi connectivity index (χ3v) is 5.79. The van der Waals surface area contributed by atoms with Gasteiger partial charge in [-0.25, -0.2) is 9.97 Å². The van der Waals surface area contributed by atoms with Gasteiger partial charge in [-0.15, -0.1) is 0 Å². The first-order valence-corrected chi connectivity index (χ1v) is 10.9. The summed E-state index contributed by atoms with van der Waals surface area (Å²) in [6.45, 7) is 3.26. The van der Waals surface area contributed by atoms with E-state index in [1.807, 2.05) is 47.4 Å². The first-order valence-electron chi connectivity index (χ1n) is 10.9. The van der Waals surface area contributed by atoms with E-state index >= 15 is 0 Å². The smallest absolute Gasteiger partial charge is 0.316 e. The molecule has 0 saturated carbocycles. The van der Waals surface area contributed by atoms with Crippen LogP contribution in [0, 0.1) is 0 Å². The Labute approximate surface area is 186 Å². The first kappa shape index (κ1) is 20.2. The van der Waals surface area contributed by atoms with E-state index in [9.17, 15) is 4.79 Å². The van der Waals surface area contributed by atoms with Gasteiger partial charge < -0.3 is 14.2 Å². The summed E-state index contributed by atoms with van der Waals surface area (Å²) in [5, 5.41) is 4.98. The highest BCUT2D eigenvalue weighted by molar-refractivity contribution is 6.01. The van der Waals surface area contributed by atoms with Crippen LogP contribution in [0.2, 0.25) is 0 Å². The highest BCUT2D eigenvalue weighted by Crippen LogP contribution is 2.30. The number of amides is 1. The molecular weight excluding hydrogens is 404 g/mol. The molecule has 0 aliphatic carbocycles. The zero-order chi connectivity index (χ0) is 21.9. The van der Waals surface area contributed by atoms with Crippen molar-refractivity contribution in [2.75, 3.05) is 13.1 Å². The molecule has 1 saturated heterocycles. The van der Waals surface area contributed by atoms with Crippen LogP contribution in [-0.2, 0) is 6.42 Å². The number of carbonyl (C=O) groups is 1. The van der Waals surface area contributed by atoms with E-state index in [0.29, 0.717) is 30.4 Å².